The molecule has 1 heterocycles. The molecule has 0 saturated carbocycles. The van der Waals surface area contributed by atoms with Gasteiger partial charge in [0, 0.05) is 13.3 Å². The Kier molecular flexibility index (Phi) is 1.28. The van der Waals surface area contributed by atoms with Gasteiger partial charge < -0.3 is 0 Å². The largest absolute Gasteiger partial charge is 0.293 e. The predicted octanol–water partition coefficient (Wildman–Crippen LogP) is 0.336. The molecule has 0 aromatic heterocycles. The standard InChI is InChI=1S/C5H9N3/c1-5-6-3-4-8(2)7-5/h3H,4H2,1-2H3. The first kappa shape index (κ1) is 5.28. The van der Waals surface area contributed by atoms with Gasteiger partial charge in [0.25, 0.3) is 0 Å². The van der Waals surface area contributed by atoms with Crippen LogP contribution < -0.4 is 0 Å². The maximum absolute atomic E-state index is 4.03. The van der Waals surface area contributed by atoms with Crippen molar-refractivity contribution in [2.75, 3.05) is 13.6 Å². The van der Waals surface area contributed by atoms with Gasteiger partial charge in [-0.05, 0) is 6.92 Å². The smallest absolute Gasteiger partial charge is 0.144 e. The van der Waals surface area contributed by atoms with Gasteiger partial charge in [-0.2, -0.15) is 5.10 Å². The van der Waals surface area contributed by atoms with Crippen LogP contribution in [0.2, 0.25) is 0 Å². The monoisotopic (exact) mass is 111 g/mol. The Bertz CT molecular complexity index is 137. The normalized spacial score (nSPS) is 18.8. The Balaban J connectivity index is 2.63. The Morgan fingerprint density at radius 1 is 1.75 bits per heavy atom. The Morgan fingerprint density at radius 3 is 2.88 bits per heavy atom. The van der Waals surface area contributed by atoms with Gasteiger partial charge in [-0.25, -0.2) is 4.99 Å². The van der Waals surface area contributed by atoms with E-state index in [4.69, 9.17) is 0 Å². The van der Waals surface area contributed by atoms with Crippen molar-refractivity contribution in [1.29, 1.82) is 0 Å². The zero-order valence-electron chi connectivity index (χ0n) is 5.13. The molecule has 0 radical (unpaired) electrons. The minimum atomic E-state index is 0.831. The van der Waals surface area contributed by atoms with Crippen LogP contribution in [0.5, 0.6) is 0 Å². The molecule has 1 aliphatic rings. The average Bonchev–Trinajstić information content (AvgIpc) is 1.64. The fourth-order valence-corrected chi connectivity index (χ4v) is 0.605. The number of hydrogen-bond acceptors (Lipinski definition) is 3. The van der Waals surface area contributed by atoms with Crippen LogP contribution in [-0.4, -0.2) is 30.7 Å². The summed E-state index contributed by atoms with van der Waals surface area (Å²) in [5.41, 5.74) is 0. The molecule has 0 unspecified atom stereocenters. The summed E-state index contributed by atoms with van der Waals surface area (Å²) in [6.07, 6.45) is 1.85. The van der Waals surface area contributed by atoms with Crippen molar-refractivity contribution in [3.05, 3.63) is 0 Å². The number of hydrogen-bond donors (Lipinski definition) is 0. The van der Waals surface area contributed by atoms with E-state index in [2.05, 4.69) is 10.1 Å². The molecule has 1 aliphatic heterocycles. The van der Waals surface area contributed by atoms with Crippen LogP contribution in [0.4, 0.5) is 0 Å². The molecule has 0 aliphatic carbocycles. The third-order valence-electron chi connectivity index (χ3n) is 0.939. The van der Waals surface area contributed by atoms with E-state index in [1.165, 1.54) is 0 Å². The van der Waals surface area contributed by atoms with Gasteiger partial charge in [0.05, 0.1) is 6.54 Å². The molecule has 0 atom stereocenters. The predicted molar refractivity (Wildman–Crippen MR) is 34.2 cm³/mol. The van der Waals surface area contributed by atoms with E-state index < -0.39 is 0 Å². The Hall–Kier alpha value is -0.860. The van der Waals surface area contributed by atoms with E-state index in [1.807, 2.05) is 25.2 Å². The highest BCUT2D eigenvalue weighted by Gasteiger charge is 1.95. The van der Waals surface area contributed by atoms with E-state index in [1.54, 1.807) is 0 Å². The van der Waals surface area contributed by atoms with Gasteiger partial charge in [-0.1, -0.05) is 0 Å². The first-order valence-electron chi connectivity index (χ1n) is 2.58. The fraction of sp³-hybridized carbons (Fsp3) is 0.600. The van der Waals surface area contributed by atoms with Crippen LogP contribution >= 0.6 is 0 Å². The quantitative estimate of drug-likeness (QED) is 0.443. The summed E-state index contributed by atoms with van der Waals surface area (Å²) in [7, 11) is 1.93. The zero-order chi connectivity index (χ0) is 5.98. The minimum absolute atomic E-state index is 0.831. The van der Waals surface area contributed by atoms with E-state index >= 15 is 0 Å². The molecule has 3 nitrogen and oxygen atoms in total. The van der Waals surface area contributed by atoms with Crippen molar-refractivity contribution >= 4 is 12.1 Å². The highest BCUT2D eigenvalue weighted by Crippen LogP contribution is 1.90. The van der Waals surface area contributed by atoms with Crippen molar-refractivity contribution in [2.45, 2.75) is 6.92 Å². The van der Waals surface area contributed by atoms with Crippen LogP contribution in [-0.2, 0) is 0 Å². The highest BCUT2D eigenvalue weighted by atomic mass is 15.5. The molecule has 0 bridgehead atoms. The average molecular weight is 111 g/mol. The molecule has 0 spiro atoms. The van der Waals surface area contributed by atoms with Gasteiger partial charge in [-0.15, -0.1) is 0 Å². The van der Waals surface area contributed by atoms with Crippen molar-refractivity contribution in [1.82, 2.24) is 5.01 Å². The van der Waals surface area contributed by atoms with Gasteiger partial charge in [0.2, 0.25) is 0 Å². The van der Waals surface area contributed by atoms with Crippen LogP contribution in [0.25, 0.3) is 0 Å². The van der Waals surface area contributed by atoms with Crippen molar-refractivity contribution < 1.29 is 0 Å². The molecule has 0 amide bonds. The summed E-state index contributed by atoms with van der Waals surface area (Å²) >= 11 is 0. The molecule has 1 rings (SSSR count). The number of rotatable bonds is 0. The topological polar surface area (TPSA) is 28.0 Å². The summed E-state index contributed by atoms with van der Waals surface area (Å²) in [5.74, 6) is 0.832. The molecule has 0 aromatic rings. The Labute approximate surface area is 48.7 Å². The lowest BCUT2D eigenvalue weighted by Gasteiger charge is -2.12. The Morgan fingerprint density at radius 2 is 2.50 bits per heavy atom. The minimum Gasteiger partial charge on any atom is -0.293 e. The lowest BCUT2D eigenvalue weighted by molar-refractivity contribution is 0.404. The van der Waals surface area contributed by atoms with E-state index in [-0.39, 0.29) is 0 Å². The number of hydrazone groups is 1. The first-order chi connectivity index (χ1) is 3.79. The third-order valence-corrected chi connectivity index (χ3v) is 0.939. The fourth-order valence-electron chi connectivity index (χ4n) is 0.605. The van der Waals surface area contributed by atoms with Crippen molar-refractivity contribution in [3.8, 4) is 0 Å². The summed E-state index contributed by atoms with van der Waals surface area (Å²) in [6, 6.07) is 0. The zero-order valence-corrected chi connectivity index (χ0v) is 5.13. The maximum Gasteiger partial charge on any atom is 0.144 e. The van der Waals surface area contributed by atoms with Gasteiger partial charge >= 0.3 is 0 Å². The van der Waals surface area contributed by atoms with E-state index in [0.717, 1.165) is 12.4 Å². The molecule has 44 valence electrons. The molecule has 0 N–H and O–H groups in total. The van der Waals surface area contributed by atoms with E-state index in [9.17, 15) is 0 Å². The SMILES string of the molecule is CC1=NN(C)CC=N1. The summed E-state index contributed by atoms with van der Waals surface area (Å²) in [4.78, 5) is 3.96. The van der Waals surface area contributed by atoms with Crippen LogP contribution in [0, 0.1) is 0 Å². The maximum atomic E-state index is 4.03. The molecular formula is C5H9N3. The van der Waals surface area contributed by atoms with Crippen LogP contribution in [0.15, 0.2) is 10.1 Å². The van der Waals surface area contributed by atoms with Gasteiger partial charge in [0.1, 0.15) is 5.84 Å². The lowest BCUT2D eigenvalue weighted by atomic mass is 10.6. The van der Waals surface area contributed by atoms with Crippen LogP contribution in [0.3, 0.4) is 0 Å². The van der Waals surface area contributed by atoms with Crippen molar-refractivity contribution in [3.63, 3.8) is 0 Å². The molecule has 3 heteroatoms. The number of aliphatic imine (C=N–C) groups is 1. The molecule has 0 saturated heterocycles. The van der Waals surface area contributed by atoms with Crippen molar-refractivity contribution in [2.24, 2.45) is 10.1 Å². The summed E-state index contributed by atoms with van der Waals surface area (Å²) in [5, 5.41) is 5.88. The molecule has 8 heavy (non-hydrogen) atoms. The summed E-state index contributed by atoms with van der Waals surface area (Å²) < 4.78 is 0. The number of amidine groups is 1. The molecule has 0 fully saturated rings. The van der Waals surface area contributed by atoms with Gasteiger partial charge in [-0.3, -0.25) is 5.01 Å². The molecular weight excluding hydrogens is 102 g/mol. The number of nitrogens with zero attached hydrogens (tertiary/aromatic N) is 3. The van der Waals surface area contributed by atoms with Crippen LogP contribution in [0.1, 0.15) is 6.92 Å². The summed E-state index contributed by atoms with van der Waals surface area (Å²) in [6.45, 7) is 2.71. The molecule has 0 aromatic carbocycles. The first-order valence-corrected chi connectivity index (χ1v) is 2.58. The highest BCUT2D eigenvalue weighted by molar-refractivity contribution is 5.89. The second-order valence-electron chi connectivity index (χ2n) is 1.80. The second-order valence-corrected chi connectivity index (χ2v) is 1.80. The van der Waals surface area contributed by atoms with E-state index in [0.29, 0.717) is 0 Å². The third kappa shape index (κ3) is 1.05. The second kappa shape index (κ2) is 1.94. The lowest BCUT2D eigenvalue weighted by Crippen LogP contribution is -2.19. The van der Waals surface area contributed by atoms with Gasteiger partial charge in [0.15, 0.2) is 0 Å².